The molecule has 0 unspecified atom stereocenters. The lowest BCUT2D eigenvalue weighted by molar-refractivity contribution is 0.198. The zero-order valence-electron chi connectivity index (χ0n) is 7.68. The van der Waals surface area contributed by atoms with Gasteiger partial charge in [-0.1, -0.05) is 13.8 Å². The molecular formula is C9H20O2. The summed E-state index contributed by atoms with van der Waals surface area (Å²) < 4.78 is 4.94. The van der Waals surface area contributed by atoms with Gasteiger partial charge in [0.1, 0.15) is 0 Å². The van der Waals surface area contributed by atoms with Crippen LogP contribution in [0, 0.1) is 5.92 Å². The second kappa shape index (κ2) is 8.02. The summed E-state index contributed by atoms with van der Waals surface area (Å²) in [5.74, 6) is 0.648. The first kappa shape index (κ1) is 10.9. The van der Waals surface area contributed by atoms with Crippen LogP contribution >= 0.6 is 0 Å². The Morgan fingerprint density at radius 1 is 1.27 bits per heavy atom. The van der Waals surface area contributed by atoms with Gasteiger partial charge in [0.25, 0.3) is 0 Å². The quantitative estimate of drug-likeness (QED) is 0.667. The molecule has 68 valence electrons. The Kier molecular flexibility index (Phi) is 7.96. The van der Waals surface area contributed by atoms with Gasteiger partial charge in [-0.15, -0.1) is 0 Å². The fraction of sp³-hybridized carbons (Fsp3) is 1.00. The molecule has 11 heavy (non-hydrogen) atoms. The van der Waals surface area contributed by atoms with E-state index in [-0.39, 0.29) is 0 Å². The van der Waals surface area contributed by atoms with Crippen molar-refractivity contribution in [3.8, 4) is 0 Å². The van der Waals surface area contributed by atoms with Crippen LogP contribution in [0.15, 0.2) is 0 Å². The van der Waals surface area contributed by atoms with Crippen LogP contribution in [0.3, 0.4) is 0 Å². The molecule has 0 aliphatic carbocycles. The smallest absolute Gasteiger partial charge is 0.0466 e. The summed E-state index contributed by atoms with van der Waals surface area (Å²) >= 11 is 0. The summed E-state index contributed by atoms with van der Waals surface area (Å²) in [7, 11) is 0. The molecule has 0 aromatic rings. The molecule has 0 bridgehead atoms. The molecule has 1 heterocycles. The molecule has 0 aromatic heterocycles. The SMILES string of the molecule is C1CCOC1.CC(C)CCO. The average Bonchev–Trinajstić information content (AvgIpc) is 2.41. The fourth-order valence-electron chi connectivity index (χ4n) is 0.769. The second-order valence-electron chi connectivity index (χ2n) is 3.23. The van der Waals surface area contributed by atoms with Crippen LogP contribution in [0.5, 0.6) is 0 Å². The summed E-state index contributed by atoms with van der Waals surface area (Å²) in [4.78, 5) is 0. The van der Waals surface area contributed by atoms with Crippen molar-refractivity contribution >= 4 is 0 Å². The molecule has 1 fully saturated rings. The molecule has 2 nitrogen and oxygen atoms in total. The molecule has 1 N–H and O–H groups in total. The van der Waals surface area contributed by atoms with Gasteiger partial charge in [-0.05, 0) is 25.2 Å². The third-order valence-electron chi connectivity index (χ3n) is 1.53. The van der Waals surface area contributed by atoms with Crippen molar-refractivity contribution in [3.63, 3.8) is 0 Å². The van der Waals surface area contributed by atoms with Crippen LogP contribution in [-0.2, 0) is 4.74 Å². The van der Waals surface area contributed by atoms with Crippen molar-refractivity contribution in [1.29, 1.82) is 0 Å². The first-order valence-corrected chi connectivity index (χ1v) is 4.46. The highest BCUT2D eigenvalue weighted by Gasteiger charge is 1.94. The fourth-order valence-corrected chi connectivity index (χ4v) is 0.769. The Morgan fingerprint density at radius 3 is 1.91 bits per heavy atom. The van der Waals surface area contributed by atoms with E-state index in [2.05, 4.69) is 13.8 Å². The standard InChI is InChI=1S/C5H12O.C4H8O/c1-5(2)3-4-6;1-2-4-5-3-1/h5-6H,3-4H2,1-2H3;1-4H2. The molecule has 0 amide bonds. The van der Waals surface area contributed by atoms with Crippen LogP contribution in [-0.4, -0.2) is 24.9 Å². The van der Waals surface area contributed by atoms with E-state index in [1.807, 2.05) is 0 Å². The number of ether oxygens (including phenoxy) is 1. The first-order valence-electron chi connectivity index (χ1n) is 4.46. The minimum Gasteiger partial charge on any atom is -0.396 e. The van der Waals surface area contributed by atoms with Crippen molar-refractivity contribution in [2.45, 2.75) is 33.1 Å². The zero-order valence-corrected chi connectivity index (χ0v) is 7.68. The predicted octanol–water partition coefficient (Wildman–Crippen LogP) is 1.82. The lowest BCUT2D eigenvalue weighted by Crippen LogP contribution is -1.89. The van der Waals surface area contributed by atoms with E-state index in [0.717, 1.165) is 19.6 Å². The summed E-state index contributed by atoms with van der Waals surface area (Å²) in [6.45, 7) is 6.52. The van der Waals surface area contributed by atoms with E-state index < -0.39 is 0 Å². The topological polar surface area (TPSA) is 29.5 Å². The van der Waals surface area contributed by atoms with Crippen LogP contribution in [0.2, 0.25) is 0 Å². The van der Waals surface area contributed by atoms with Crippen molar-refractivity contribution < 1.29 is 9.84 Å². The number of aliphatic hydroxyl groups is 1. The van der Waals surface area contributed by atoms with Crippen molar-refractivity contribution in [1.82, 2.24) is 0 Å². The number of rotatable bonds is 2. The molecule has 0 aromatic carbocycles. The molecule has 0 saturated carbocycles. The van der Waals surface area contributed by atoms with Gasteiger partial charge in [0.15, 0.2) is 0 Å². The minimum absolute atomic E-state index is 0.331. The maximum absolute atomic E-state index is 8.24. The summed E-state index contributed by atoms with van der Waals surface area (Å²) in [6.07, 6.45) is 3.49. The van der Waals surface area contributed by atoms with Gasteiger partial charge in [0, 0.05) is 19.8 Å². The Balaban J connectivity index is 0.000000183. The van der Waals surface area contributed by atoms with Gasteiger partial charge in [-0.25, -0.2) is 0 Å². The van der Waals surface area contributed by atoms with E-state index in [9.17, 15) is 0 Å². The van der Waals surface area contributed by atoms with Gasteiger partial charge in [-0.2, -0.15) is 0 Å². The monoisotopic (exact) mass is 160 g/mol. The Labute approximate surface area is 69.6 Å². The molecule has 2 heteroatoms. The maximum Gasteiger partial charge on any atom is 0.0466 e. The molecule has 0 atom stereocenters. The minimum atomic E-state index is 0.331. The average molecular weight is 160 g/mol. The van der Waals surface area contributed by atoms with Crippen molar-refractivity contribution in [2.75, 3.05) is 19.8 Å². The third kappa shape index (κ3) is 9.92. The summed E-state index contributed by atoms with van der Waals surface area (Å²) in [6, 6.07) is 0. The molecule has 1 saturated heterocycles. The van der Waals surface area contributed by atoms with Gasteiger partial charge in [0.05, 0.1) is 0 Å². The maximum atomic E-state index is 8.24. The number of hydrogen-bond acceptors (Lipinski definition) is 2. The number of aliphatic hydroxyl groups excluding tert-OH is 1. The normalized spacial score (nSPS) is 16.4. The van der Waals surface area contributed by atoms with Crippen LogP contribution < -0.4 is 0 Å². The van der Waals surface area contributed by atoms with Crippen LogP contribution in [0.4, 0.5) is 0 Å². The molecular weight excluding hydrogens is 140 g/mol. The van der Waals surface area contributed by atoms with Gasteiger partial charge in [0.2, 0.25) is 0 Å². The van der Waals surface area contributed by atoms with Gasteiger partial charge in [-0.3, -0.25) is 0 Å². The second-order valence-corrected chi connectivity index (χ2v) is 3.23. The highest BCUT2D eigenvalue weighted by Crippen LogP contribution is 1.98. The lowest BCUT2D eigenvalue weighted by Gasteiger charge is -1.95. The van der Waals surface area contributed by atoms with Gasteiger partial charge >= 0.3 is 0 Å². The van der Waals surface area contributed by atoms with E-state index in [1.54, 1.807) is 0 Å². The molecule has 0 spiro atoms. The Hall–Kier alpha value is -0.0800. The van der Waals surface area contributed by atoms with Crippen LogP contribution in [0.1, 0.15) is 33.1 Å². The third-order valence-corrected chi connectivity index (χ3v) is 1.53. The Morgan fingerprint density at radius 2 is 1.82 bits per heavy atom. The first-order chi connectivity index (χ1) is 5.27. The molecule has 1 aliphatic rings. The van der Waals surface area contributed by atoms with Crippen molar-refractivity contribution in [3.05, 3.63) is 0 Å². The highest BCUT2D eigenvalue weighted by atomic mass is 16.5. The van der Waals surface area contributed by atoms with Crippen molar-refractivity contribution in [2.24, 2.45) is 5.92 Å². The molecule has 1 rings (SSSR count). The highest BCUT2D eigenvalue weighted by molar-refractivity contribution is 4.43. The van der Waals surface area contributed by atoms with E-state index in [1.165, 1.54) is 12.8 Å². The Bertz CT molecular complexity index is 60.4. The number of hydrogen-bond donors (Lipinski definition) is 1. The molecule has 0 radical (unpaired) electrons. The predicted molar refractivity (Wildman–Crippen MR) is 46.6 cm³/mol. The van der Waals surface area contributed by atoms with E-state index in [4.69, 9.17) is 9.84 Å². The molecule has 1 aliphatic heterocycles. The summed E-state index contributed by atoms with van der Waals surface area (Å²) in [5, 5.41) is 8.24. The van der Waals surface area contributed by atoms with E-state index >= 15 is 0 Å². The zero-order chi connectivity index (χ0) is 8.53. The van der Waals surface area contributed by atoms with E-state index in [0.29, 0.717) is 12.5 Å². The summed E-state index contributed by atoms with van der Waals surface area (Å²) in [5.41, 5.74) is 0. The van der Waals surface area contributed by atoms with Gasteiger partial charge < -0.3 is 9.84 Å². The lowest BCUT2D eigenvalue weighted by atomic mass is 10.2. The largest absolute Gasteiger partial charge is 0.396 e. The van der Waals surface area contributed by atoms with Crippen LogP contribution in [0.25, 0.3) is 0 Å².